The number of hydrogen-bond donors (Lipinski definition) is 0. The molecule has 5 aromatic rings. The molecule has 5 rings (SSSR count). The molecule has 0 N–H and O–H groups in total. The van der Waals surface area contributed by atoms with Crippen LogP contribution in [0.1, 0.15) is 11.1 Å². The second kappa shape index (κ2) is 8.05. The topological polar surface area (TPSA) is 38.7 Å². The summed E-state index contributed by atoms with van der Waals surface area (Å²) < 4.78 is 0.960. The van der Waals surface area contributed by atoms with Gasteiger partial charge >= 0.3 is 0 Å². The van der Waals surface area contributed by atoms with Crippen LogP contribution in [-0.2, 0) is 0 Å². The van der Waals surface area contributed by atoms with Crippen LogP contribution in [0.4, 0.5) is 0 Å². The van der Waals surface area contributed by atoms with Crippen LogP contribution in [0.2, 0.25) is 0 Å². The molecule has 0 radical (unpaired) electrons. The minimum atomic E-state index is 0.652. The van der Waals surface area contributed by atoms with E-state index in [1.54, 1.807) is 0 Å². The van der Waals surface area contributed by atoms with Crippen molar-refractivity contribution in [3.63, 3.8) is 0 Å². The highest BCUT2D eigenvalue weighted by atomic mass is 79.9. The molecule has 0 saturated heterocycles. The van der Waals surface area contributed by atoms with E-state index >= 15 is 0 Å². The molecular formula is C27H20BrN3. The summed E-state index contributed by atoms with van der Waals surface area (Å²) in [6.07, 6.45) is 0. The number of nitrogens with zero attached hydrogens (tertiary/aromatic N) is 3. The molecule has 3 nitrogen and oxygen atoms in total. The van der Waals surface area contributed by atoms with Crippen LogP contribution in [-0.4, -0.2) is 15.0 Å². The Morgan fingerprint density at radius 1 is 0.548 bits per heavy atom. The number of aromatic nitrogens is 3. The van der Waals surface area contributed by atoms with E-state index in [-0.39, 0.29) is 0 Å². The number of hydrogen-bond acceptors (Lipinski definition) is 3. The first-order chi connectivity index (χ1) is 15.1. The van der Waals surface area contributed by atoms with Crippen molar-refractivity contribution in [2.24, 2.45) is 0 Å². The summed E-state index contributed by atoms with van der Waals surface area (Å²) in [5.74, 6) is 1.99. The third-order valence-corrected chi connectivity index (χ3v) is 5.99. The van der Waals surface area contributed by atoms with E-state index in [0.717, 1.165) is 26.5 Å². The zero-order chi connectivity index (χ0) is 21.4. The molecule has 4 aromatic carbocycles. The molecule has 31 heavy (non-hydrogen) atoms. The van der Waals surface area contributed by atoms with Crippen LogP contribution >= 0.6 is 15.9 Å². The predicted octanol–water partition coefficient (Wildman–Crippen LogP) is 7.41. The van der Waals surface area contributed by atoms with Crippen LogP contribution in [0.25, 0.3) is 44.9 Å². The van der Waals surface area contributed by atoms with E-state index in [1.807, 2.05) is 12.1 Å². The Bertz CT molecular complexity index is 1330. The van der Waals surface area contributed by atoms with Gasteiger partial charge < -0.3 is 0 Å². The second-order valence-electron chi connectivity index (χ2n) is 7.72. The van der Waals surface area contributed by atoms with Crippen molar-refractivity contribution in [1.82, 2.24) is 15.0 Å². The Kier molecular flexibility index (Phi) is 5.08. The fourth-order valence-corrected chi connectivity index (χ4v) is 4.08. The Morgan fingerprint density at radius 2 is 1.00 bits per heavy atom. The third kappa shape index (κ3) is 3.99. The maximum absolute atomic E-state index is 4.86. The lowest BCUT2D eigenvalue weighted by Gasteiger charge is -2.11. The van der Waals surface area contributed by atoms with Gasteiger partial charge in [0.2, 0.25) is 0 Å². The number of aryl methyl sites for hydroxylation is 2. The van der Waals surface area contributed by atoms with Gasteiger partial charge in [-0.2, -0.15) is 0 Å². The number of halogens is 1. The molecule has 0 unspecified atom stereocenters. The molecule has 1 heterocycles. The molecule has 0 spiro atoms. The van der Waals surface area contributed by atoms with E-state index in [4.69, 9.17) is 15.0 Å². The molecule has 150 valence electrons. The third-order valence-electron chi connectivity index (χ3n) is 5.33. The first kappa shape index (κ1) is 19.6. The highest BCUT2D eigenvalue weighted by Gasteiger charge is 2.15. The Labute approximate surface area is 190 Å². The number of fused-ring (bicyclic) bond motifs is 1. The van der Waals surface area contributed by atoms with Gasteiger partial charge in [-0.3, -0.25) is 0 Å². The second-order valence-corrected chi connectivity index (χ2v) is 8.57. The molecule has 0 saturated carbocycles. The van der Waals surface area contributed by atoms with Crippen molar-refractivity contribution in [3.8, 4) is 34.2 Å². The fraction of sp³-hybridized carbons (Fsp3) is 0.0741. The van der Waals surface area contributed by atoms with Crippen LogP contribution in [0.5, 0.6) is 0 Å². The lowest BCUT2D eigenvalue weighted by atomic mass is 10.1. The van der Waals surface area contributed by atoms with Gasteiger partial charge in [0, 0.05) is 21.2 Å². The highest BCUT2D eigenvalue weighted by Crippen LogP contribution is 2.32. The van der Waals surface area contributed by atoms with Gasteiger partial charge in [0.25, 0.3) is 0 Å². The van der Waals surface area contributed by atoms with Crippen molar-refractivity contribution in [2.75, 3.05) is 0 Å². The minimum Gasteiger partial charge on any atom is -0.208 e. The summed E-state index contributed by atoms with van der Waals surface area (Å²) in [6.45, 7) is 4.15. The van der Waals surface area contributed by atoms with Crippen molar-refractivity contribution >= 4 is 26.7 Å². The SMILES string of the molecule is Cc1ccc(-c2nc(-c3ccc(C)cc3)nc(-c3cc4ccccc4cc3Br)n2)cc1. The lowest BCUT2D eigenvalue weighted by Crippen LogP contribution is -2.00. The van der Waals surface area contributed by atoms with E-state index in [9.17, 15) is 0 Å². The molecule has 0 aliphatic rings. The Balaban J connectivity index is 1.74. The van der Waals surface area contributed by atoms with Crippen LogP contribution in [0.15, 0.2) is 89.4 Å². The van der Waals surface area contributed by atoms with Gasteiger partial charge in [-0.05, 0) is 36.8 Å². The largest absolute Gasteiger partial charge is 0.208 e. The average molecular weight is 466 g/mol. The number of rotatable bonds is 3. The van der Waals surface area contributed by atoms with E-state index in [0.29, 0.717) is 17.5 Å². The first-order valence-electron chi connectivity index (χ1n) is 10.2. The first-order valence-corrected chi connectivity index (χ1v) is 10.9. The van der Waals surface area contributed by atoms with Crippen LogP contribution in [0.3, 0.4) is 0 Å². The Hall–Kier alpha value is -3.37. The van der Waals surface area contributed by atoms with Gasteiger partial charge in [0.1, 0.15) is 0 Å². The summed E-state index contributed by atoms with van der Waals surface area (Å²) in [5.41, 5.74) is 5.30. The van der Waals surface area contributed by atoms with Gasteiger partial charge in [0.05, 0.1) is 0 Å². The fourth-order valence-electron chi connectivity index (χ4n) is 3.54. The molecule has 0 amide bonds. The summed E-state index contributed by atoms with van der Waals surface area (Å²) in [5, 5.41) is 2.32. The molecule has 0 aliphatic heterocycles. The molecular weight excluding hydrogens is 446 g/mol. The smallest absolute Gasteiger partial charge is 0.165 e. The van der Waals surface area contributed by atoms with Crippen molar-refractivity contribution in [3.05, 3.63) is 101 Å². The standard InChI is InChI=1S/C27H20BrN3/c1-17-7-11-19(12-8-17)25-29-26(20-13-9-18(2)10-14-20)31-27(30-25)23-15-21-5-3-4-6-22(21)16-24(23)28/h3-16H,1-2H3. The van der Waals surface area contributed by atoms with E-state index in [1.165, 1.54) is 16.5 Å². The molecule has 0 bridgehead atoms. The molecule has 1 aromatic heterocycles. The molecule has 0 aliphatic carbocycles. The van der Waals surface area contributed by atoms with Gasteiger partial charge in [0.15, 0.2) is 17.5 Å². The van der Waals surface area contributed by atoms with Gasteiger partial charge in [-0.15, -0.1) is 0 Å². The highest BCUT2D eigenvalue weighted by molar-refractivity contribution is 9.10. The van der Waals surface area contributed by atoms with Crippen molar-refractivity contribution in [1.29, 1.82) is 0 Å². The maximum atomic E-state index is 4.86. The van der Waals surface area contributed by atoms with Gasteiger partial charge in [-0.25, -0.2) is 15.0 Å². The monoisotopic (exact) mass is 465 g/mol. The summed E-state index contributed by atoms with van der Waals surface area (Å²) >= 11 is 3.73. The van der Waals surface area contributed by atoms with Crippen LogP contribution in [0, 0.1) is 13.8 Å². The summed E-state index contributed by atoms with van der Waals surface area (Å²) in [7, 11) is 0. The zero-order valence-corrected chi connectivity index (χ0v) is 18.9. The quantitative estimate of drug-likeness (QED) is 0.278. The molecule has 4 heteroatoms. The van der Waals surface area contributed by atoms with Crippen molar-refractivity contribution in [2.45, 2.75) is 13.8 Å². The van der Waals surface area contributed by atoms with Crippen LogP contribution < -0.4 is 0 Å². The Morgan fingerprint density at radius 3 is 1.52 bits per heavy atom. The maximum Gasteiger partial charge on any atom is 0.165 e. The molecule has 0 fully saturated rings. The van der Waals surface area contributed by atoms with Crippen molar-refractivity contribution < 1.29 is 0 Å². The zero-order valence-electron chi connectivity index (χ0n) is 17.3. The minimum absolute atomic E-state index is 0.652. The number of benzene rings is 4. The summed E-state index contributed by atoms with van der Waals surface area (Å²) in [6, 6.07) is 29.1. The summed E-state index contributed by atoms with van der Waals surface area (Å²) in [4.78, 5) is 14.5. The lowest BCUT2D eigenvalue weighted by molar-refractivity contribution is 1.07. The average Bonchev–Trinajstić information content (AvgIpc) is 2.79. The van der Waals surface area contributed by atoms with Gasteiger partial charge in [-0.1, -0.05) is 99.9 Å². The van der Waals surface area contributed by atoms with E-state index in [2.05, 4.69) is 103 Å². The van der Waals surface area contributed by atoms with E-state index < -0.39 is 0 Å². The molecule has 0 atom stereocenters. The normalized spacial score (nSPS) is 11.1. The predicted molar refractivity (Wildman–Crippen MR) is 131 cm³/mol.